The van der Waals surface area contributed by atoms with Gasteiger partial charge in [0.2, 0.25) is 0 Å². The molecule has 0 bridgehead atoms. The molecule has 0 aliphatic heterocycles. The number of fused-ring (bicyclic) bond motifs is 1. The maximum absolute atomic E-state index is 11.0. The largest absolute Gasteiger partial charge is 0.478 e. The zero-order chi connectivity index (χ0) is 13.5. The summed E-state index contributed by atoms with van der Waals surface area (Å²) in [6.07, 6.45) is 6.25. The van der Waals surface area contributed by atoms with Gasteiger partial charge in [-0.25, -0.2) is 9.78 Å². The Hall–Kier alpha value is -1.42. The van der Waals surface area contributed by atoms with Crippen molar-refractivity contribution in [1.29, 1.82) is 0 Å². The molecule has 1 aromatic carbocycles. The fourth-order valence-corrected chi connectivity index (χ4v) is 4.07. The van der Waals surface area contributed by atoms with Crippen LogP contribution in [-0.2, 0) is 5.41 Å². The van der Waals surface area contributed by atoms with Crippen LogP contribution in [0.1, 0.15) is 54.4 Å². The standard InChI is InChI=1S/C15H17NO2S/c1-15(7-3-2-4-8-15)14-16-11-6-5-10(13(17)18)9-12(11)19-14/h5-6,9H,2-4,7-8H2,1H3,(H,17,18). The van der Waals surface area contributed by atoms with Gasteiger partial charge in [-0.05, 0) is 31.0 Å². The molecule has 1 aliphatic carbocycles. The Bertz CT molecular complexity index is 626. The van der Waals surface area contributed by atoms with Gasteiger partial charge in [-0.15, -0.1) is 11.3 Å². The molecule has 1 saturated carbocycles. The molecule has 2 aromatic rings. The minimum atomic E-state index is -0.874. The first-order valence-corrected chi connectivity index (χ1v) is 7.54. The highest BCUT2D eigenvalue weighted by Crippen LogP contribution is 2.42. The second kappa shape index (κ2) is 4.60. The maximum Gasteiger partial charge on any atom is 0.335 e. The zero-order valence-corrected chi connectivity index (χ0v) is 11.8. The minimum Gasteiger partial charge on any atom is -0.478 e. The van der Waals surface area contributed by atoms with E-state index in [0.29, 0.717) is 5.56 Å². The van der Waals surface area contributed by atoms with Crippen LogP contribution in [0.25, 0.3) is 10.2 Å². The molecular formula is C15H17NO2S. The molecule has 3 rings (SSSR count). The summed E-state index contributed by atoms with van der Waals surface area (Å²) in [6.45, 7) is 2.29. The van der Waals surface area contributed by atoms with Crippen molar-refractivity contribution in [2.45, 2.75) is 44.4 Å². The highest BCUT2D eigenvalue weighted by Gasteiger charge is 2.31. The fourth-order valence-electron chi connectivity index (χ4n) is 2.86. The highest BCUT2D eigenvalue weighted by molar-refractivity contribution is 7.18. The van der Waals surface area contributed by atoms with Gasteiger partial charge in [-0.2, -0.15) is 0 Å². The van der Waals surface area contributed by atoms with Gasteiger partial charge in [0.15, 0.2) is 0 Å². The van der Waals surface area contributed by atoms with Gasteiger partial charge in [0.25, 0.3) is 0 Å². The Labute approximate surface area is 116 Å². The molecule has 1 aromatic heterocycles. The van der Waals surface area contributed by atoms with Gasteiger partial charge in [0.05, 0.1) is 20.8 Å². The monoisotopic (exact) mass is 275 g/mol. The average molecular weight is 275 g/mol. The van der Waals surface area contributed by atoms with E-state index in [-0.39, 0.29) is 5.41 Å². The lowest BCUT2D eigenvalue weighted by molar-refractivity contribution is 0.0697. The Morgan fingerprint density at radius 3 is 2.74 bits per heavy atom. The van der Waals surface area contributed by atoms with Gasteiger partial charge < -0.3 is 5.11 Å². The average Bonchev–Trinajstić information content (AvgIpc) is 2.83. The predicted octanol–water partition coefficient (Wildman–Crippen LogP) is 4.22. The molecule has 1 N–H and O–H groups in total. The number of benzene rings is 1. The molecule has 3 nitrogen and oxygen atoms in total. The molecule has 0 saturated heterocycles. The summed E-state index contributed by atoms with van der Waals surface area (Å²) in [5, 5.41) is 10.2. The summed E-state index contributed by atoms with van der Waals surface area (Å²) in [4.78, 5) is 15.7. The molecule has 1 heterocycles. The van der Waals surface area contributed by atoms with E-state index >= 15 is 0 Å². The predicted molar refractivity (Wildman–Crippen MR) is 77.0 cm³/mol. The van der Waals surface area contributed by atoms with Crippen molar-refractivity contribution >= 4 is 27.5 Å². The SMILES string of the molecule is CC1(c2nc3ccc(C(=O)O)cc3s2)CCCCC1. The molecule has 4 heteroatoms. The van der Waals surface area contributed by atoms with Crippen LogP contribution in [0.2, 0.25) is 0 Å². The molecule has 0 atom stereocenters. The van der Waals surface area contributed by atoms with Crippen LogP contribution in [0.3, 0.4) is 0 Å². The molecule has 0 spiro atoms. The highest BCUT2D eigenvalue weighted by atomic mass is 32.1. The molecule has 0 radical (unpaired) electrons. The number of carboxylic acid groups (broad SMARTS) is 1. The number of hydrogen-bond acceptors (Lipinski definition) is 3. The molecule has 0 amide bonds. The summed E-state index contributed by atoms with van der Waals surface area (Å²) in [5.74, 6) is -0.874. The lowest BCUT2D eigenvalue weighted by Crippen LogP contribution is -2.24. The normalized spacial score (nSPS) is 18.6. The van der Waals surface area contributed by atoms with Gasteiger partial charge in [-0.1, -0.05) is 26.2 Å². The lowest BCUT2D eigenvalue weighted by atomic mass is 9.76. The van der Waals surface area contributed by atoms with Crippen molar-refractivity contribution in [2.75, 3.05) is 0 Å². The van der Waals surface area contributed by atoms with Crippen LogP contribution in [-0.4, -0.2) is 16.1 Å². The van der Waals surface area contributed by atoms with E-state index in [9.17, 15) is 4.79 Å². The molecule has 100 valence electrons. The number of carbonyl (C=O) groups is 1. The number of rotatable bonds is 2. The number of thiazole rings is 1. The molecule has 0 unspecified atom stereocenters. The van der Waals surface area contributed by atoms with Crippen molar-refractivity contribution in [1.82, 2.24) is 4.98 Å². The third kappa shape index (κ3) is 2.25. The summed E-state index contributed by atoms with van der Waals surface area (Å²) < 4.78 is 0.988. The number of nitrogens with zero attached hydrogens (tertiary/aromatic N) is 1. The van der Waals surface area contributed by atoms with Crippen molar-refractivity contribution < 1.29 is 9.90 Å². The second-order valence-corrected chi connectivity index (χ2v) is 6.66. The van der Waals surface area contributed by atoms with E-state index in [2.05, 4.69) is 6.92 Å². The first kappa shape index (κ1) is 12.6. The molecule has 1 aliphatic rings. The van der Waals surface area contributed by atoms with Gasteiger partial charge in [0.1, 0.15) is 0 Å². The van der Waals surface area contributed by atoms with Crippen molar-refractivity contribution in [3.63, 3.8) is 0 Å². The van der Waals surface area contributed by atoms with Crippen molar-refractivity contribution in [2.24, 2.45) is 0 Å². The van der Waals surface area contributed by atoms with Crippen LogP contribution in [0.4, 0.5) is 0 Å². The van der Waals surface area contributed by atoms with Crippen molar-refractivity contribution in [3.8, 4) is 0 Å². The van der Waals surface area contributed by atoms with Gasteiger partial charge >= 0.3 is 5.97 Å². The summed E-state index contributed by atoms with van der Waals surface area (Å²) in [7, 11) is 0. The van der Waals surface area contributed by atoms with Gasteiger partial charge in [-0.3, -0.25) is 0 Å². The summed E-state index contributed by atoms with van der Waals surface area (Å²) in [6, 6.07) is 5.20. The van der Waals surface area contributed by atoms with E-state index in [1.807, 2.05) is 6.07 Å². The molecule has 19 heavy (non-hydrogen) atoms. The van der Waals surface area contributed by atoms with Crippen LogP contribution in [0.5, 0.6) is 0 Å². The second-order valence-electron chi connectivity index (χ2n) is 5.63. The smallest absolute Gasteiger partial charge is 0.335 e. The first-order chi connectivity index (χ1) is 9.08. The Balaban J connectivity index is 2.03. The maximum atomic E-state index is 11.0. The molecule has 1 fully saturated rings. The van der Waals surface area contributed by atoms with Crippen LogP contribution in [0, 0.1) is 0 Å². The topological polar surface area (TPSA) is 50.2 Å². The number of aromatic carboxylic acids is 1. The fraction of sp³-hybridized carbons (Fsp3) is 0.467. The van der Waals surface area contributed by atoms with E-state index < -0.39 is 5.97 Å². The lowest BCUT2D eigenvalue weighted by Gasteiger charge is -2.31. The van der Waals surface area contributed by atoms with E-state index in [1.165, 1.54) is 37.1 Å². The van der Waals surface area contributed by atoms with Crippen molar-refractivity contribution in [3.05, 3.63) is 28.8 Å². The van der Waals surface area contributed by atoms with E-state index in [4.69, 9.17) is 10.1 Å². The third-order valence-corrected chi connectivity index (χ3v) is 5.43. The first-order valence-electron chi connectivity index (χ1n) is 6.73. The van der Waals surface area contributed by atoms with Crippen LogP contribution >= 0.6 is 11.3 Å². The summed E-state index contributed by atoms with van der Waals surface area (Å²) >= 11 is 1.66. The van der Waals surface area contributed by atoms with E-state index in [1.54, 1.807) is 23.5 Å². The zero-order valence-electron chi connectivity index (χ0n) is 11.0. The number of hydrogen-bond donors (Lipinski definition) is 1. The molecular weight excluding hydrogens is 258 g/mol. The Morgan fingerprint density at radius 2 is 2.05 bits per heavy atom. The quantitative estimate of drug-likeness (QED) is 0.893. The minimum absolute atomic E-state index is 0.186. The third-order valence-electron chi connectivity index (χ3n) is 4.11. The number of aromatic nitrogens is 1. The Kier molecular flexibility index (Phi) is 3.05. The Morgan fingerprint density at radius 1 is 1.32 bits per heavy atom. The van der Waals surface area contributed by atoms with Crippen LogP contribution in [0.15, 0.2) is 18.2 Å². The van der Waals surface area contributed by atoms with Gasteiger partial charge in [0, 0.05) is 5.41 Å². The number of carboxylic acids is 1. The summed E-state index contributed by atoms with van der Waals surface area (Å²) in [5.41, 5.74) is 1.46. The van der Waals surface area contributed by atoms with E-state index in [0.717, 1.165) is 10.2 Å². The van der Waals surface area contributed by atoms with Crippen LogP contribution < -0.4 is 0 Å².